The molecule has 1 fully saturated rings. The van der Waals surface area contributed by atoms with Gasteiger partial charge >= 0.3 is 0 Å². The van der Waals surface area contributed by atoms with Gasteiger partial charge < -0.3 is 20.3 Å². The summed E-state index contributed by atoms with van der Waals surface area (Å²) in [6, 6.07) is 7.04. The lowest BCUT2D eigenvalue weighted by Gasteiger charge is -2.40. The van der Waals surface area contributed by atoms with Crippen molar-refractivity contribution >= 4 is 17.5 Å². The maximum absolute atomic E-state index is 13.5. The van der Waals surface area contributed by atoms with E-state index >= 15 is 0 Å². The van der Waals surface area contributed by atoms with Crippen LogP contribution in [0.4, 0.5) is 0 Å². The number of ether oxygens (including phenoxy) is 1. The first-order valence-corrected chi connectivity index (χ1v) is 8.61. The third-order valence-electron chi connectivity index (χ3n) is 4.71. The number of methoxy groups -OCH3 is 1. The Labute approximate surface area is 159 Å². The molecule has 26 heavy (non-hydrogen) atoms. The molecule has 1 heterocycles. The molecule has 7 heteroatoms. The predicted molar refractivity (Wildman–Crippen MR) is 101 cm³/mol. The van der Waals surface area contributed by atoms with Crippen LogP contribution in [-0.4, -0.2) is 43.0 Å². The van der Waals surface area contributed by atoms with Crippen molar-refractivity contribution < 1.29 is 9.53 Å². The highest BCUT2D eigenvalue weighted by molar-refractivity contribution is 6.32. The highest BCUT2D eigenvalue weighted by Gasteiger charge is 2.51. The van der Waals surface area contributed by atoms with E-state index in [0.29, 0.717) is 42.1 Å². The number of nitriles is 1. The Morgan fingerprint density at radius 3 is 2.88 bits per heavy atom. The van der Waals surface area contributed by atoms with Crippen LogP contribution in [0.2, 0.25) is 5.02 Å². The third-order valence-corrected chi connectivity index (χ3v) is 5.03. The summed E-state index contributed by atoms with van der Waals surface area (Å²) in [4.78, 5) is 16.9. The lowest BCUT2D eigenvalue weighted by atomic mass is 9.85. The molecule has 1 aromatic carbocycles. The van der Waals surface area contributed by atoms with Gasteiger partial charge in [0.25, 0.3) is 5.91 Å². The van der Waals surface area contributed by atoms with Crippen LogP contribution >= 0.6 is 11.6 Å². The number of carbonyl (C=O) groups is 1. The summed E-state index contributed by atoms with van der Waals surface area (Å²) in [6.07, 6.45) is 4.21. The second-order valence-corrected chi connectivity index (χ2v) is 6.50. The number of amides is 1. The first-order valence-electron chi connectivity index (χ1n) is 8.23. The maximum Gasteiger partial charge on any atom is 0.253 e. The molecule has 138 valence electrons. The van der Waals surface area contributed by atoms with Crippen LogP contribution in [0.5, 0.6) is 0 Å². The van der Waals surface area contributed by atoms with Crippen LogP contribution in [-0.2, 0) is 15.1 Å². The summed E-state index contributed by atoms with van der Waals surface area (Å²) in [5, 5.41) is 9.47. The Hall–Kier alpha value is -2.49. The number of nitrogens with zero attached hydrogens (tertiary/aromatic N) is 3. The smallest absolute Gasteiger partial charge is 0.253 e. The van der Waals surface area contributed by atoms with E-state index in [2.05, 4.69) is 12.6 Å². The van der Waals surface area contributed by atoms with E-state index < -0.39 is 5.54 Å². The minimum absolute atomic E-state index is 0.127. The number of carbonyl (C=O) groups excluding carboxylic acids is 1. The van der Waals surface area contributed by atoms with Gasteiger partial charge in [0.1, 0.15) is 0 Å². The van der Waals surface area contributed by atoms with E-state index in [0.717, 1.165) is 5.70 Å². The number of benzene rings is 1. The van der Waals surface area contributed by atoms with Gasteiger partial charge in [-0.3, -0.25) is 4.79 Å². The molecule has 1 unspecified atom stereocenters. The number of hydrogen-bond donors (Lipinski definition) is 1. The largest absolute Gasteiger partial charge is 0.403 e. The zero-order chi connectivity index (χ0) is 19.3. The van der Waals surface area contributed by atoms with Crippen molar-refractivity contribution in [2.45, 2.75) is 18.4 Å². The molecule has 2 rings (SSSR count). The SMILES string of the molecule is C=CN1/C(=C\N)CCC1(C(=O)N(C)CCOC)c1ccc(C#N)cc1Cl. The Bertz CT molecular complexity index is 771. The molecule has 0 aromatic heterocycles. The minimum Gasteiger partial charge on any atom is -0.403 e. The second-order valence-electron chi connectivity index (χ2n) is 6.10. The van der Waals surface area contributed by atoms with Gasteiger partial charge in [0, 0.05) is 43.2 Å². The van der Waals surface area contributed by atoms with Crippen molar-refractivity contribution in [3.05, 3.63) is 59.0 Å². The molecular weight excluding hydrogens is 352 g/mol. The molecule has 0 saturated carbocycles. The van der Waals surface area contributed by atoms with Crippen LogP contribution in [0.3, 0.4) is 0 Å². The first-order chi connectivity index (χ1) is 12.5. The summed E-state index contributed by atoms with van der Waals surface area (Å²) < 4.78 is 5.09. The van der Waals surface area contributed by atoms with Crippen LogP contribution in [0.15, 0.2) is 42.9 Å². The van der Waals surface area contributed by atoms with Gasteiger partial charge in [-0.2, -0.15) is 5.26 Å². The monoisotopic (exact) mass is 374 g/mol. The van der Waals surface area contributed by atoms with Gasteiger partial charge in [0.15, 0.2) is 5.54 Å². The molecule has 1 amide bonds. The first kappa shape index (κ1) is 19.8. The Kier molecular flexibility index (Phi) is 6.30. The van der Waals surface area contributed by atoms with E-state index in [1.54, 1.807) is 48.4 Å². The van der Waals surface area contributed by atoms with Crippen molar-refractivity contribution in [1.82, 2.24) is 9.80 Å². The number of rotatable bonds is 6. The normalized spacial score (nSPS) is 20.8. The molecule has 1 saturated heterocycles. The van der Waals surface area contributed by atoms with Gasteiger partial charge in [0.2, 0.25) is 0 Å². The molecule has 1 atom stereocenters. The van der Waals surface area contributed by atoms with E-state index in [-0.39, 0.29) is 5.91 Å². The second kappa shape index (κ2) is 8.26. The Morgan fingerprint density at radius 1 is 1.62 bits per heavy atom. The number of allylic oxidation sites excluding steroid dienone is 1. The van der Waals surface area contributed by atoms with Crippen LogP contribution in [0.1, 0.15) is 24.0 Å². The molecule has 0 bridgehead atoms. The number of nitrogens with two attached hydrogens (primary N) is 1. The fourth-order valence-corrected chi connectivity index (χ4v) is 3.72. The predicted octanol–water partition coefficient (Wildman–Crippen LogP) is 2.55. The standard InChI is InChI=1S/C19H23ClN4O2/c1-4-24-15(13-22)7-8-19(24,18(25)23(2)9-10-26-3)16-6-5-14(12-21)11-17(16)20/h4-6,11,13H,1,7-10,22H2,2-3H3/b15-13-. The molecule has 1 aliphatic rings. The number of likely N-dealkylation sites (tertiary alicyclic amines) is 1. The van der Waals surface area contributed by atoms with E-state index in [9.17, 15) is 4.79 Å². The van der Waals surface area contributed by atoms with Crippen LogP contribution in [0.25, 0.3) is 0 Å². The van der Waals surface area contributed by atoms with Crippen molar-refractivity contribution in [3.8, 4) is 6.07 Å². The Balaban J connectivity index is 2.62. The summed E-state index contributed by atoms with van der Waals surface area (Å²) >= 11 is 6.49. The number of halogens is 1. The Morgan fingerprint density at radius 2 is 2.35 bits per heavy atom. The summed E-state index contributed by atoms with van der Waals surface area (Å²) in [5.41, 5.74) is 6.58. The highest BCUT2D eigenvalue weighted by Crippen LogP contribution is 2.47. The summed E-state index contributed by atoms with van der Waals surface area (Å²) in [6.45, 7) is 4.73. The molecule has 2 N–H and O–H groups in total. The van der Waals surface area contributed by atoms with E-state index in [1.807, 2.05) is 0 Å². The molecule has 0 spiro atoms. The zero-order valence-corrected chi connectivity index (χ0v) is 15.8. The molecule has 1 aliphatic heterocycles. The van der Waals surface area contributed by atoms with E-state index in [4.69, 9.17) is 27.3 Å². The fraction of sp³-hybridized carbons (Fsp3) is 0.368. The van der Waals surface area contributed by atoms with Crippen molar-refractivity contribution in [1.29, 1.82) is 5.26 Å². The van der Waals surface area contributed by atoms with Crippen LogP contribution < -0.4 is 5.73 Å². The molecule has 6 nitrogen and oxygen atoms in total. The third kappa shape index (κ3) is 3.28. The van der Waals surface area contributed by atoms with Crippen molar-refractivity contribution in [3.63, 3.8) is 0 Å². The average molecular weight is 375 g/mol. The summed E-state index contributed by atoms with van der Waals surface area (Å²) in [5.74, 6) is -0.127. The molecular formula is C19H23ClN4O2. The molecule has 1 aromatic rings. The van der Waals surface area contributed by atoms with Gasteiger partial charge in [-0.25, -0.2) is 0 Å². The zero-order valence-electron chi connectivity index (χ0n) is 15.0. The van der Waals surface area contributed by atoms with Crippen LogP contribution in [0, 0.1) is 11.3 Å². The fourth-order valence-electron chi connectivity index (χ4n) is 3.39. The van der Waals surface area contributed by atoms with E-state index in [1.165, 1.54) is 6.20 Å². The molecule has 0 aliphatic carbocycles. The minimum atomic E-state index is -1.06. The van der Waals surface area contributed by atoms with Crippen molar-refractivity contribution in [2.75, 3.05) is 27.3 Å². The highest BCUT2D eigenvalue weighted by atomic mass is 35.5. The van der Waals surface area contributed by atoms with Gasteiger partial charge in [-0.05, 0) is 31.2 Å². The quantitative estimate of drug-likeness (QED) is 0.827. The summed E-state index contributed by atoms with van der Waals surface area (Å²) in [7, 11) is 3.32. The topological polar surface area (TPSA) is 82.6 Å². The van der Waals surface area contributed by atoms with Gasteiger partial charge in [-0.15, -0.1) is 0 Å². The maximum atomic E-state index is 13.5. The average Bonchev–Trinajstić information content (AvgIpc) is 3.04. The molecule has 0 radical (unpaired) electrons. The van der Waals surface area contributed by atoms with Gasteiger partial charge in [-0.1, -0.05) is 24.2 Å². The van der Waals surface area contributed by atoms with Crippen molar-refractivity contribution in [2.24, 2.45) is 5.73 Å². The number of hydrogen-bond acceptors (Lipinski definition) is 5. The lowest BCUT2D eigenvalue weighted by Crippen LogP contribution is -2.52. The van der Waals surface area contributed by atoms with Gasteiger partial charge in [0.05, 0.1) is 18.2 Å². The lowest BCUT2D eigenvalue weighted by molar-refractivity contribution is -0.141. The number of likely N-dealkylation sites (N-methyl/N-ethyl adjacent to an activating group) is 1.